The summed E-state index contributed by atoms with van der Waals surface area (Å²) in [5, 5.41) is 0. The molecular formula is C16H28N4O. The van der Waals surface area contributed by atoms with E-state index in [0.717, 1.165) is 31.4 Å². The van der Waals surface area contributed by atoms with E-state index in [-0.39, 0.29) is 6.04 Å². The number of guanidine groups is 1. The molecule has 0 bridgehead atoms. The Morgan fingerprint density at radius 3 is 2.38 bits per heavy atom. The van der Waals surface area contributed by atoms with Crippen molar-refractivity contribution in [3.05, 3.63) is 24.2 Å². The standard InChI is InChI=1S/C16H28N4O/c1-18(2)16(19(3)4)17-13-14(15-9-8-12-21-15)20-10-6-5-7-11-20/h8-9,12,14H,5-7,10-11,13H2,1-4H3. The average molecular weight is 292 g/mol. The zero-order valence-electron chi connectivity index (χ0n) is 13.7. The van der Waals surface area contributed by atoms with Gasteiger partial charge in [0.1, 0.15) is 5.76 Å². The summed E-state index contributed by atoms with van der Waals surface area (Å²) >= 11 is 0. The van der Waals surface area contributed by atoms with Gasteiger partial charge in [-0.25, -0.2) is 0 Å². The molecule has 21 heavy (non-hydrogen) atoms. The highest BCUT2D eigenvalue weighted by Crippen LogP contribution is 2.25. The lowest BCUT2D eigenvalue weighted by atomic mass is 10.1. The van der Waals surface area contributed by atoms with Gasteiger partial charge in [-0.15, -0.1) is 0 Å². The normalized spacial score (nSPS) is 17.3. The summed E-state index contributed by atoms with van der Waals surface area (Å²) in [6.45, 7) is 3.01. The summed E-state index contributed by atoms with van der Waals surface area (Å²) in [4.78, 5) is 11.4. The smallest absolute Gasteiger partial charge is 0.195 e. The summed E-state index contributed by atoms with van der Waals surface area (Å²) in [5.41, 5.74) is 0. The zero-order valence-corrected chi connectivity index (χ0v) is 13.7. The zero-order chi connectivity index (χ0) is 15.2. The Morgan fingerprint density at radius 1 is 1.19 bits per heavy atom. The van der Waals surface area contributed by atoms with Crippen LogP contribution in [0.1, 0.15) is 31.1 Å². The van der Waals surface area contributed by atoms with Crippen LogP contribution in [-0.4, -0.2) is 68.5 Å². The summed E-state index contributed by atoms with van der Waals surface area (Å²) in [6.07, 6.45) is 5.64. The van der Waals surface area contributed by atoms with E-state index < -0.39 is 0 Å². The predicted molar refractivity (Wildman–Crippen MR) is 86.5 cm³/mol. The van der Waals surface area contributed by atoms with E-state index >= 15 is 0 Å². The quantitative estimate of drug-likeness (QED) is 0.630. The van der Waals surface area contributed by atoms with Gasteiger partial charge in [0, 0.05) is 28.2 Å². The molecule has 1 atom stereocenters. The molecule has 1 aliphatic rings. The van der Waals surface area contributed by atoms with E-state index in [1.807, 2.05) is 34.3 Å². The monoisotopic (exact) mass is 292 g/mol. The molecule has 118 valence electrons. The fraction of sp³-hybridized carbons (Fsp3) is 0.688. The highest BCUT2D eigenvalue weighted by molar-refractivity contribution is 5.79. The first-order chi connectivity index (χ1) is 10.1. The maximum atomic E-state index is 5.66. The molecule has 0 spiro atoms. The van der Waals surface area contributed by atoms with Crippen LogP contribution in [0.3, 0.4) is 0 Å². The van der Waals surface area contributed by atoms with Gasteiger partial charge in [-0.1, -0.05) is 6.42 Å². The van der Waals surface area contributed by atoms with E-state index in [1.54, 1.807) is 6.26 Å². The van der Waals surface area contributed by atoms with E-state index in [4.69, 9.17) is 9.41 Å². The lowest BCUT2D eigenvalue weighted by Crippen LogP contribution is -2.38. The predicted octanol–water partition coefficient (Wildman–Crippen LogP) is 2.29. The van der Waals surface area contributed by atoms with Gasteiger partial charge >= 0.3 is 0 Å². The van der Waals surface area contributed by atoms with Crippen molar-refractivity contribution in [2.45, 2.75) is 25.3 Å². The number of rotatable bonds is 4. The average Bonchev–Trinajstić information content (AvgIpc) is 2.97. The van der Waals surface area contributed by atoms with Crippen LogP contribution in [0.2, 0.25) is 0 Å². The fourth-order valence-corrected chi connectivity index (χ4v) is 2.95. The molecule has 1 saturated heterocycles. The molecule has 2 rings (SSSR count). The van der Waals surface area contributed by atoms with Crippen LogP contribution in [0.15, 0.2) is 27.8 Å². The second-order valence-electron chi connectivity index (χ2n) is 6.06. The van der Waals surface area contributed by atoms with Gasteiger partial charge in [-0.2, -0.15) is 0 Å². The Balaban J connectivity index is 2.14. The summed E-state index contributed by atoms with van der Waals surface area (Å²) in [7, 11) is 8.12. The Morgan fingerprint density at radius 2 is 1.86 bits per heavy atom. The molecule has 0 aromatic carbocycles. The summed E-state index contributed by atoms with van der Waals surface area (Å²) < 4.78 is 5.66. The van der Waals surface area contributed by atoms with Gasteiger partial charge in [-0.05, 0) is 38.1 Å². The summed E-state index contributed by atoms with van der Waals surface area (Å²) in [5.74, 6) is 2.01. The molecule has 5 nitrogen and oxygen atoms in total. The van der Waals surface area contributed by atoms with E-state index in [2.05, 4.69) is 20.8 Å². The van der Waals surface area contributed by atoms with Gasteiger partial charge in [0.15, 0.2) is 5.96 Å². The molecule has 1 unspecified atom stereocenters. The first kappa shape index (κ1) is 15.9. The van der Waals surface area contributed by atoms with Crippen molar-refractivity contribution in [1.29, 1.82) is 0 Å². The number of hydrogen-bond acceptors (Lipinski definition) is 3. The molecule has 0 radical (unpaired) electrons. The Kier molecular flexibility index (Phi) is 5.67. The largest absolute Gasteiger partial charge is 0.468 e. The van der Waals surface area contributed by atoms with E-state index in [0.29, 0.717) is 0 Å². The number of piperidine rings is 1. The van der Waals surface area contributed by atoms with E-state index in [9.17, 15) is 0 Å². The third kappa shape index (κ3) is 4.24. The van der Waals surface area contributed by atoms with Crippen LogP contribution in [-0.2, 0) is 0 Å². The third-order valence-electron chi connectivity index (χ3n) is 3.91. The highest BCUT2D eigenvalue weighted by atomic mass is 16.3. The second kappa shape index (κ2) is 7.50. The number of furan rings is 1. The Hall–Kier alpha value is -1.49. The van der Waals surface area contributed by atoms with Gasteiger partial charge in [0.25, 0.3) is 0 Å². The minimum Gasteiger partial charge on any atom is -0.468 e. The van der Waals surface area contributed by atoms with Crippen molar-refractivity contribution in [3.63, 3.8) is 0 Å². The van der Waals surface area contributed by atoms with Crippen molar-refractivity contribution >= 4 is 5.96 Å². The second-order valence-corrected chi connectivity index (χ2v) is 6.06. The molecule has 5 heteroatoms. The van der Waals surface area contributed by atoms with Crippen LogP contribution >= 0.6 is 0 Å². The van der Waals surface area contributed by atoms with Crippen molar-refractivity contribution < 1.29 is 4.42 Å². The first-order valence-electron chi connectivity index (χ1n) is 7.76. The molecule has 1 aromatic heterocycles. The van der Waals surface area contributed by atoms with Gasteiger partial charge in [0.05, 0.1) is 18.8 Å². The molecular weight excluding hydrogens is 264 g/mol. The molecule has 0 saturated carbocycles. The number of hydrogen-bond donors (Lipinski definition) is 0. The number of aliphatic imine (C=N–C) groups is 1. The SMILES string of the molecule is CN(C)C(=NCC(c1ccco1)N1CCCCC1)N(C)C. The Labute approximate surface area is 128 Å². The maximum absolute atomic E-state index is 5.66. The highest BCUT2D eigenvalue weighted by Gasteiger charge is 2.24. The lowest BCUT2D eigenvalue weighted by Gasteiger charge is -2.33. The molecule has 0 N–H and O–H groups in total. The summed E-state index contributed by atoms with van der Waals surface area (Å²) in [6, 6.07) is 4.28. The van der Waals surface area contributed by atoms with Crippen molar-refractivity contribution in [2.75, 3.05) is 47.8 Å². The molecule has 0 aliphatic carbocycles. The minimum atomic E-state index is 0.246. The van der Waals surface area contributed by atoms with Crippen molar-refractivity contribution in [2.24, 2.45) is 4.99 Å². The van der Waals surface area contributed by atoms with Crippen molar-refractivity contribution in [3.8, 4) is 0 Å². The maximum Gasteiger partial charge on any atom is 0.195 e. The third-order valence-corrected chi connectivity index (χ3v) is 3.91. The number of nitrogens with zero attached hydrogens (tertiary/aromatic N) is 4. The molecule has 1 aromatic rings. The molecule has 0 amide bonds. The van der Waals surface area contributed by atoms with Crippen LogP contribution in [0.25, 0.3) is 0 Å². The molecule has 1 fully saturated rings. The molecule has 2 heterocycles. The molecule has 1 aliphatic heterocycles. The van der Waals surface area contributed by atoms with Crippen LogP contribution < -0.4 is 0 Å². The van der Waals surface area contributed by atoms with E-state index in [1.165, 1.54) is 19.3 Å². The van der Waals surface area contributed by atoms with Gasteiger partial charge in [-0.3, -0.25) is 9.89 Å². The lowest BCUT2D eigenvalue weighted by molar-refractivity contribution is 0.149. The fourth-order valence-electron chi connectivity index (χ4n) is 2.95. The van der Waals surface area contributed by atoms with Crippen LogP contribution in [0.5, 0.6) is 0 Å². The van der Waals surface area contributed by atoms with Crippen molar-refractivity contribution in [1.82, 2.24) is 14.7 Å². The minimum absolute atomic E-state index is 0.246. The number of likely N-dealkylation sites (tertiary alicyclic amines) is 1. The Bertz CT molecular complexity index is 423. The topological polar surface area (TPSA) is 35.2 Å². The van der Waals surface area contributed by atoms with Crippen LogP contribution in [0, 0.1) is 0 Å². The van der Waals surface area contributed by atoms with Gasteiger partial charge < -0.3 is 14.2 Å². The van der Waals surface area contributed by atoms with Crippen LogP contribution in [0.4, 0.5) is 0 Å². The van der Waals surface area contributed by atoms with Gasteiger partial charge in [0.2, 0.25) is 0 Å². The first-order valence-corrected chi connectivity index (χ1v) is 7.76.